The average Bonchev–Trinajstić information content (AvgIpc) is 3.19. The van der Waals surface area contributed by atoms with Gasteiger partial charge >= 0.3 is 0 Å². The molecule has 0 spiro atoms. The van der Waals surface area contributed by atoms with Gasteiger partial charge in [-0.3, -0.25) is 9.59 Å². The lowest BCUT2D eigenvalue weighted by Crippen LogP contribution is -2.53. The minimum absolute atomic E-state index is 0.116. The van der Waals surface area contributed by atoms with Crippen LogP contribution in [0.5, 0.6) is 5.75 Å². The van der Waals surface area contributed by atoms with E-state index in [2.05, 4.69) is 21.6 Å². The fraction of sp³-hybridized carbons (Fsp3) is 0.444. The molecule has 8 heteroatoms. The average molecular weight is 481 g/mol. The highest BCUT2D eigenvalue weighted by molar-refractivity contribution is 5.97. The molecule has 0 saturated heterocycles. The molecule has 0 aromatic heterocycles. The van der Waals surface area contributed by atoms with Gasteiger partial charge in [0.25, 0.3) is 5.91 Å². The molecule has 0 saturated carbocycles. The Hall–Kier alpha value is -3.60. The minimum Gasteiger partial charge on any atom is -0.497 e. The van der Waals surface area contributed by atoms with E-state index in [1.165, 1.54) is 19.2 Å². The SMILES string of the molecule is COc1cccc(C(=O)N[C@@H](CC(C)(C)C)C(=O)N[C@@H](CC#N)CN2CCc3cc(F)ccc32)c1. The molecule has 35 heavy (non-hydrogen) atoms. The molecule has 2 aromatic rings. The van der Waals surface area contributed by atoms with Gasteiger partial charge in [-0.05, 0) is 60.2 Å². The Morgan fingerprint density at radius 3 is 2.66 bits per heavy atom. The second-order valence-electron chi connectivity index (χ2n) is 10.1. The van der Waals surface area contributed by atoms with Crippen molar-refractivity contribution in [2.75, 3.05) is 25.1 Å². The van der Waals surface area contributed by atoms with Crippen LogP contribution >= 0.6 is 0 Å². The molecule has 3 rings (SSSR count). The lowest BCUT2D eigenvalue weighted by Gasteiger charge is -2.30. The number of anilines is 1. The number of methoxy groups -OCH3 is 1. The summed E-state index contributed by atoms with van der Waals surface area (Å²) in [5.74, 6) is -0.436. The first-order chi connectivity index (χ1) is 16.6. The molecule has 0 bridgehead atoms. The van der Waals surface area contributed by atoms with Crippen molar-refractivity contribution in [3.05, 3.63) is 59.4 Å². The molecular weight excluding hydrogens is 447 g/mol. The zero-order chi connectivity index (χ0) is 25.6. The van der Waals surface area contributed by atoms with Gasteiger partial charge in [-0.15, -0.1) is 0 Å². The molecule has 0 aliphatic carbocycles. The molecule has 1 aliphatic heterocycles. The van der Waals surface area contributed by atoms with Crippen LogP contribution in [0.3, 0.4) is 0 Å². The molecule has 0 fully saturated rings. The molecule has 7 nitrogen and oxygen atoms in total. The third-order valence-corrected chi connectivity index (χ3v) is 5.93. The quantitative estimate of drug-likeness (QED) is 0.569. The first-order valence-electron chi connectivity index (χ1n) is 11.8. The van der Waals surface area contributed by atoms with Crippen molar-refractivity contribution < 1.29 is 18.7 Å². The van der Waals surface area contributed by atoms with E-state index < -0.39 is 12.1 Å². The van der Waals surface area contributed by atoms with Gasteiger partial charge in [0.15, 0.2) is 0 Å². The predicted molar refractivity (Wildman–Crippen MR) is 133 cm³/mol. The van der Waals surface area contributed by atoms with Gasteiger partial charge in [-0.1, -0.05) is 26.8 Å². The number of carbonyl (C=O) groups excluding carboxylic acids is 2. The summed E-state index contributed by atoms with van der Waals surface area (Å²) in [7, 11) is 1.53. The Kier molecular flexibility index (Phi) is 8.34. The third-order valence-electron chi connectivity index (χ3n) is 5.93. The topological polar surface area (TPSA) is 94.5 Å². The summed E-state index contributed by atoms with van der Waals surface area (Å²) in [6.45, 7) is 7.10. The maximum absolute atomic E-state index is 13.6. The first kappa shape index (κ1) is 26.0. The Morgan fingerprint density at radius 2 is 1.97 bits per heavy atom. The summed E-state index contributed by atoms with van der Waals surface area (Å²) in [6.07, 6.45) is 1.24. The third kappa shape index (κ3) is 7.19. The lowest BCUT2D eigenvalue weighted by atomic mass is 9.87. The number of amides is 2. The predicted octanol–water partition coefficient (Wildman–Crippen LogP) is 3.83. The van der Waals surface area contributed by atoms with Crippen molar-refractivity contribution in [2.24, 2.45) is 5.41 Å². The number of fused-ring (bicyclic) bond motifs is 1. The van der Waals surface area contributed by atoms with Crippen molar-refractivity contribution in [3.8, 4) is 11.8 Å². The summed E-state index contributed by atoms with van der Waals surface area (Å²) in [5, 5.41) is 15.2. The van der Waals surface area contributed by atoms with Gasteiger partial charge in [-0.25, -0.2) is 4.39 Å². The smallest absolute Gasteiger partial charge is 0.252 e. The fourth-order valence-electron chi connectivity index (χ4n) is 4.30. The number of nitriles is 1. The number of nitrogens with zero attached hydrogens (tertiary/aromatic N) is 2. The highest BCUT2D eigenvalue weighted by Gasteiger charge is 2.30. The Morgan fingerprint density at radius 1 is 1.20 bits per heavy atom. The molecule has 2 aromatic carbocycles. The first-order valence-corrected chi connectivity index (χ1v) is 11.8. The normalized spacial score (nSPS) is 14.5. The summed E-state index contributed by atoms with van der Waals surface area (Å²) in [4.78, 5) is 28.3. The maximum atomic E-state index is 13.6. The van der Waals surface area contributed by atoms with Crippen LogP contribution in [0.4, 0.5) is 10.1 Å². The van der Waals surface area contributed by atoms with Crippen molar-refractivity contribution in [2.45, 2.75) is 52.1 Å². The Labute approximate surface area is 206 Å². The molecule has 2 amide bonds. The monoisotopic (exact) mass is 480 g/mol. The van der Waals surface area contributed by atoms with Gasteiger partial charge < -0.3 is 20.3 Å². The summed E-state index contributed by atoms with van der Waals surface area (Å²) < 4.78 is 18.8. The van der Waals surface area contributed by atoms with Crippen LogP contribution in [0, 0.1) is 22.6 Å². The minimum atomic E-state index is -0.783. The van der Waals surface area contributed by atoms with Crippen molar-refractivity contribution in [1.82, 2.24) is 10.6 Å². The van der Waals surface area contributed by atoms with E-state index in [9.17, 15) is 19.2 Å². The van der Waals surface area contributed by atoms with E-state index in [0.717, 1.165) is 11.3 Å². The second kappa shape index (κ2) is 11.2. The largest absolute Gasteiger partial charge is 0.497 e. The number of ether oxygens (including phenoxy) is 1. The highest BCUT2D eigenvalue weighted by atomic mass is 19.1. The summed E-state index contributed by atoms with van der Waals surface area (Å²) in [5.41, 5.74) is 2.00. The Bertz CT molecular complexity index is 1110. The van der Waals surface area contributed by atoms with E-state index in [-0.39, 0.29) is 29.5 Å². The molecule has 1 aliphatic rings. The van der Waals surface area contributed by atoms with E-state index >= 15 is 0 Å². The van der Waals surface area contributed by atoms with Gasteiger partial charge in [0.2, 0.25) is 5.91 Å². The zero-order valence-electron chi connectivity index (χ0n) is 20.7. The highest BCUT2D eigenvalue weighted by Crippen LogP contribution is 2.29. The molecule has 0 radical (unpaired) electrons. The standard InChI is InChI=1S/C27H33FN4O3/c1-27(2,3)16-23(31-25(33)19-6-5-7-22(15-19)35-4)26(34)30-21(10-12-29)17-32-13-11-18-14-20(28)8-9-24(18)32/h5-9,14-15,21,23H,10-11,13,16-17H2,1-4H3,(H,30,34)(H,31,33)/t21-,23-/m0/s1. The lowest BCUT2D eigenvalue weighted by molar-refractivity contribution is -0.124. The fourth-order valence-corrected chi connectivity index (χ4v) is 4.30. The number of halogens is 1. The molecule has 186 valence electrons. The molecule has 1 heterocycles. The number of hydrogen-bond donors (Lipinski definition) is 2. The van der Waals surface area contributed by atoms with Crippen molar-refractivity contribution in [3.63, 3.8) is 0 Å². The zero-order valence-corrected chi connectivity index (χ0v) is 20.7. The van der Waals surface area contributed by atoms with Crippen LogP contribution < -0.4 is 20.3 Å². The summed E-state index contributed by atoms with van der Waals surface area (Å²) in [6, 6.07) is 12.3. The number of nitrogens with one attached hydrogen (secondary N) is 2. The van der Waals surface area contributed by atoms with E-state index in [1.54, 1.807) is 30.3 Å². The second-order valence-corrected chi connectivity index (χ2v) is 10.1. The van der Waals surface area contributed by atoms with Crippen molar-refractivity contribution >= 4 is 17.5 Å². The van der Waals surface area contributed by atoms with Gasteiger partial charge in [-0.2, -0.15) is 5.26 Å². The van der Waals surface area contributed by atoms with Gasteiger partial charge in [0, 0.05) is 24.3 Å². The van der Waals surface area contributed by atoms with Crippen LogP contribution in [-0.2, 0) is 11.2 Å². The number of rotatable bonds is 9. The molecule has 2 N–H and O–H groups in total. The van der Waals surface area contributed by atoms with Gasteiger partial charge in [0.05, 0.1) is 25.6 Å². The van der Waals surface area contributed by atoms with Crippen LogP contribution in [0.2, 0.25) is 0 Å². The van der Waals surface area contributed by atoms with E-state index in [1.807, 2.05) is 20.8 Å². The van der Waals surface area contributed by atoms with Gasteiger partial charge in [0.1, 0.15) is 17.6 Å². The van der Waals surface area contributed by atoms with Crippen LogP contribution in [-0.4, -0.2) is 44.1 Å². The van der Waals surface area contributed by atoms with Crippen LogP contribution in [0.25, 0.3) is 0 Å². The van der Waals surface area contributed by atoms with E-state index in [0.29, 0.717) is 37.2 Å². The number of carbonyl (C=O) groups is 2. The maximum Gasteiger partial charge on any atom is 0.252 e. The van der Waals surface area contributed by atoms with Crippen LogP contribution in [0.1, 0.15) is 49.5 Å². The Balaban J connectivity index is 1.73. The number of benzene rings is 2. The summed E-state index contributed by atoms with van der Waals surface area (Å²) >= 11 is 0. The van der Waals surface area contributed by atoms with E-state index in [4.69, 9.17) is 4.74 Å². The molecule has 0 unspecified atom stereocenters. The molecule has 2 atom stereocenters. The molecular formula is C27H33FN4O3. The van der Waals surface area contributed by atoms with Crippen LogP contribution in [0.15, 0.2) is 42.5 Å². The number of hydrogen-bond acceptors (Lipinski definition) is 5. The van der Waals surface area contributed by atoms with Crippen molar-refractivity contribution in [1.29, 1.82) is 5.26 Å².